The van der Waals surface area contributed by atoms with Crippen LogP contribution in [0, 0.1) is 0 Å². The molecule has 0 aliphatic carbocycles. The second kappa shape index (κ2) is 22.2. The minimum absolute atomic E-state index is 0.190. The van der Waals surface area contributed by atoms with Gasteiger partial charge < -0.3 is 40.8 Å². The van der Waals surface area contributed by atoms with Crippen molar-refractivity contribution >= 4 is 63.4 Å². The Morgan fingerprint density at radius 3 is 1.47 bits per heavy atom. The van der Waals surface area contributed by atoms with Gasteiger partial charge in [0.1, 0.15) is 5.73 Å². The van der Waals surface area contributed by atoms with Crippen molar-refractivity contribution in [3.8, 4) is 0 Å². The van der Waals surface area contributed by atoms with Gasteiger partial charge in [-0.25, -0.2) is 14.4 Å². The second-order valence-electron chi connectivity index (χ2n) is 12.3. The van der Waals surface area contributed by atoms with Gasteiger partial charge >= 0.3 is 35.0 Å². The number of esters is 3. The lowest BCUT2D eigenvalue weighted by molar-refractivity contribution is -0.188. The molecule has 0 saturated carbocycles. The summed E-state index contributed by atoms with van der Waals surface area (Å²) in [4.78, 5) is 35.8. The molecule has 47 heavy (non-hydrogen) atoms. The Bertz CT molecular complexity index is 1060. The minimum atomic E-state index is -3.03. The van der Waals surface area contributed by atoms with E-state index >= 15 is 0 Å². The third-order valence-corrected chi connectivity index (χ3v) is 25.4. The zero-order chi connectivity index (χ0) is 36.4. The third-order valence-electron chi connectivity index (χ3n) is 7.38. The molecule has 0 heterocycles. The van der Waals surface area contributed by atoms with Gasteiger partial charge in [0.05, 0.1) is 30.1 Å². The summed E-state index contributed by atoms with van der Waals surface area (Å²) in [7, 11) is -4.64. The van der Waals surface area contributed by atoms with Crippen LogP contribution < -0.4 is 0 Å². The Labute approximate surface area is 290 Å². The molecule has 0 aromatic carbocycles. The Balaban J connectivity index is 6.16. The lowest BCUT2D eigenvalue weighted by atomic mass is 10.4. The lowest BCUT2D eigenvalue weighted by Crippen LogP contribution is -2.61. The highest BCUT2D eigenvalue weighted by molar-refractivity contribution is 6.85. The molecule has 272 valence electrons. The van der Waals surface area contributed by atoms with E-state index in [1.54, 1.807) is 42.1 Å². The van der Waals surface area contributed by atoms with Crippen molar-refractivity contribution in [2.45, 2.75) is 95.5 Å². The quantitative estimate of drug-likeness (QED) is 0.0321. The number of methoxy groups -OCH3 is 3. The first-order valence-corrected chi connectivity index (χ1v) is 26.7. The number of ether oxygens (including phenoxy) is 6. The van der Waals surface area contributed by atoms with Crippen LogP contribution >= 0.6 is 0 Å². The van der Waals surface area contributed by atoms with Gasteiger partial charge in [0, 0.05) is 38.0 Å². The van der Waals surface area contributed by atoms with Crippen molar-refractivity contribution in [2.24, 2.45) is 0 Å². The topological polar surface area (TPSA) is 134 Å². The first-order chi connectivity index (χ1) is 21.8. The number of rotatable bonds is 26. The van der Waals surface area contributed by atoms with Crippen LogP contribution in [0.15, 0.2) is 36.5 Å². The highest BCUT2D eigenvalue weighted by atomic mass is 28.5. The van der Waals surface area contributed by atoms with Crippen molar-refractivity contribution in [1.29, 1.82) is 0 Å². The van der Waals surface area contributed by atoms with E-state index in [0.29, 0.717) is 58.3 Å². The number of carbonyl (C=O) groups is 3. The van der Waals surface area contributed by atoms with Crippen molar-refractivity contribution in [3.05, 3.63) is 36.5 Å². The maximum atomic E-state index is 12.0. The van der Waals surface area contributed by atoms with Crippen LogP contribution in [0.5, 0.6) is 0 Å². The predicted octanol–water partition coefficient (Wildman–Crippen LogP) is 3.28. The summed E-state index contributed by atoms with van der Waals surface area (Å²) >= 11 is 0. The van der Waals surface area contributed by atoms with E-state index in [4.69, 9.17) is 40.8 Å². The molecule has 0 aliphatic rings. The minimum Gasteiger partial charge on any atom is -0.462 e. The van der Waals surface area contributed by atoms with Crippen molar-refractivity contribution in [1.82, 2.24) is 0 Å². The fourth-order valence-electron chi connectivity index (χ4n) is 4.83. The summed E-state index contributed by atoms with van der Waals surface area (Å²) in [5, 5.41) is 0. The third kappa shape index (κ3) is 17.6. The molecule has 5 unspecified atom stereocenters. The highest BCUT2D eigenvalue weighted by Crippen LogP contribution is 2.30. The summed E-state index contributed by atoms with van der Waals surface area (Å²) in [5.74, 6) is -1.30. The Hall–Kier alpha value is -1.53. The molecule has 0 aromatic heterocycles. The van der Waals surface area contributed by atoms with E-state index in [1.807, 2.05) is 19.6 Å². The average Bonchev–Trinajstić information content (AvgIpc) is 2.98. The first kappa shape index (κ1) is 45.5. The molecule has 0 spiro atoms. The molecule has 0 bridgehead atoms. The number of carbonyl (C=O) groups excluding carboxylic acids is 3. The molecular weight excluding hydrogens is 693 g/mol. The Morgan fingerprint density at radius 2 is 1.11 bits per heavy atom. The van der Waals surface area contributed by atoms with Crippen LogP contribution in [0.2, 0.25) is 44.3 Å². The summed E-state index contributed by atoms with van der Waals surface area (Å²) in [5.41, 5.74) is -0.283. The van der Waals surface area contributed by atoms with Gasteiger partial charge in [-0.05, 0) is 84.4 Å². The van der Waals surface area contributed by atoms with Gasteiger partial charge in [-0.15, -0.1) is 0 Å². The monoisotopic (exact) mass is 752 g/mol. The average molecular weight is 753 g/mol. The zero-order valence-electron chi connectivity index (χ0n) is 30.6. The van der Waals surface area contributed by atoms with Crippen molar-refractivity contribution in [3.63, 3.8) is 0 Å². The van der Waals surface area contributed by atoms with Gasteiger partial charge in [-0.2, -0.15) is 0 Å². The fourth-order valence-corrected chi connectivity index (χ4v) is 24.5. The first-order valence-electron chi connectivity index (χ1n) is 16.0. The van der Waals surface area contributed by atoms with E-state index in [-0.39, 0.29) is 19.8 Å². The van der Waals surface area contributed by atoms with Gasteiger partial charge in [0.25, 0.3) is 0 Å². The van der Waals surface area contributed by atoms with Gasteiger partial charge in [-0.1, -0.05) is 19.7 Å². The Morgan fingerprint density at radius 1 is 0.723 bits per heavy atom. The molecular formula is C30H60O12Si5. The van der Waals surface area contributed by atoms with E-state index in [2.05, 4.69) is 26.3 Å². The maximum Gasteiger partial charge on any atom is 0.333 e. The lowest BCUT2D eigenvalue weighted by Gasteiger charge is -2.43. The number of hydrogen-bond acceptors (Lipinski definition) is 12. The standard InChI is InChI=1S/C30H60O12Si5/c1-23(2)26(31)37-17-14-20-44(10)40-46(12,21-15-18-38-27(32)24(3)4)42-47(13,22-16-19-39-28(33)25(5)6)41-45(11)29(34-7)30(43,35-8)36-9/h29,44-45H,1,3,5,14-22H2,2,4,6-13,43H3. The van der Waals surface area contributed by atoms with Crippen LogP contribution in [0.3, 0.4) is 0 Å². The summed E-state index contributed by atoms with van der Waals surface area (Å²) in [6, 6.07) is 1.85. The predicted molar refractivity (Wildman–Crippen MR) is 196 cm³/mol. The Kier molecular flexibility index (Phi) is 21.5. The number of hydrogen-bond donors (Lipinski definition) is 0. The van der Waals surface area contributed by atoms with Crippen LogP contribution in [0.25, 0.3) is 0 Å². The molecule has 0 radical (unpaired) electrons. The molecule has 0 fully saturated rings. The summed E-state index contributed by atoms with van der Waals surface area (Å²) in [6.07, 6.45) is 1.70. The fraction of sp³-hybridized carbons (Fsp3) is 0.700. The second-order valence-corrected chi connectivity index (χ2v) is 26.1. The van der Waals surface area contributed by atoms with Gasteiger partial charge in [0.15, 0.2) is 23.5 Å². The van der Waals surface area contributed by atoms with Crippen molar-refractivity contribution in [2.75, 3.05) is 41.2 Å². The molecule has 0 saturated heterocycles. The van der Waals surface area contributed by atoms with Gasteiger partial charge in [0.2, 0.25) is 0 Å². The molecule has 0 N–H and O–H groups in total. The largest absolute Gasteiger partial charge is 0.462 e. The molecule has 5 atom stereocenters. The van der Waals surface area contributed by atoms with Crippen LogP contribution in [0.4, 0.5) is 0 Å². The SMILES string of the molecule is C=C(C)C(=O)OCCC[SiH](C)O[Si](C)(CCCOC(=O)C(=C)C)O[Si](C)(CCCOC(=O)C(=C)C)O[SiH](C)C(OC)C([SiH3])(OC)OC. The zero-order valence-corrected chi connectivity index (χ0v) is 36.9. The van der Waals surface area contributed by atoms with Crippen molar-refractivity contribution < 1.29 is 55.2 Å². The molecule has 17 heteroatoms. The normalized spacial score (nSPS) is 16.2. The molecule has 0 aromatic rings. The smallest absolute Gasteiger partial charge is 0.333 e. The summed E-state index contributed by atoms with van der Waals surface area (Å²) < 4.78 is 54.2. The van der Waals surface area contributed by atoms with Crippen LogP contribution in [0.1, 0.15) is 40.0 Å². The van der Waals surface area contributed by atoms with E-state index < -0.39 is 64.2 Å². The van der Waals surface area contributed by atoms with Gasteiger partial charge in [-0.3, -0.25) is 0 Å². The molecule has 0 amide bonds. The maximum absolute atomic E-state index is 12.0. The molecule has 0 rings (SSSR count). The van der Waals surface area contributed by atoms with E-state index in [1.165, 1.54) is 0 Å². The van der Waals surface area contributed by atoms with Crippen LogP contribution in [-0.4, -0.2) is 116 Å². The van der Waals surface area contributed by atoms with E-state index in [0.717, 1.165) is 6.04 Å². The molecule has 0 aliphatic heterocycles. The van der Waals surface area contributed by atoms with Crippen LogP contribution in [-0.2, 0) is 55.2 Å². The van der Waals surface area contributed by atoms with E-state index in [9.17, 15) is 14.4 Å². The highest BCUT2D eigenvalue weighted by Gasteiger charge is 2.48. The summed E-state index contributed by atoms with van der Waals surface area (Å²) in [6.45, 7) is 24.6. The molecule has 12 nitrogen and oxygen atoms in total.